The first kappa shape index (κ1) is 14.2. The number of fused-ring (bicyclic) bond motifs is 1. The first-order valence-corrected chi connectivity index (χ1v) is 7.16. The Bertz CT molecular complexity index is 746. The van der Waals surface area contributed by atoms with E-state index in [-0.39, 0.29) is 16.4 Å². The second kappa shape index (κ2) is 4.91. The van der Waals surface area contributed by atoms with Gasteiger partial charge in [-0.15, -0.1) is 11.6 Å². The molecule has 1 fully saturated rings. The molecule has 0 amide bonds. The Morgan fingerprint density at radius 3 is 2.48 bits per heavy atom. The van der Waals surface area contributed by atoms with Crippen molar-refractivity contribution in [1.29, 1.82) is 0 Å². The van der Waals surface area contributed by atoms with Gasteiger partial charge in [-0.3, -0.25) is 4.79 Å². The van der Waals surface area contributed by atoms with Crippen molar-refractivity contribution in [3.8, 4) is 11.5 Å². The van der Waals surface area contributed by atoms with E-state index in [4.69, 9.17) is 21.1 Å². The summed E-state index contributed by atoms with van der Waals surface area (Å²) in [5.41, 5.74) is 0.439. The molecule has 3 rings (SSSR count). The Balaban J connectivity index is 2.09. The highest BCUT2D eigenvalue weighted by Gasteiger charge is 2.40. The molecule has 1 saturated carbocycles. The van der Waals surface area contributed by atoms with Gasteiger partial charge in [-0.25, -0.2) is 4.98 Å². The molecule has 0 saturated heterocycles. The summed E-state index contributed by atoms with van der Waals surface area (Å²) in [6, 6.07) is 3.38. The number of hydrogen-bond acceptors (Lipinski definition) is 4. The van der Waals surface area contributed by atoms with E-state index in [9.17, 15) is 4.79 Å². The van der Waals surface area contributed by atoms with E-state index >= 15 is 0 Å². The molecule has 0 bridgehead atoms. The third-order valence-electron chi connectivity index (χ3n) is 3.96. The highest BCUT2D eigenvalue weighted by Crippen LogP contribution is 2.47. The number of nitrogens with zero attached hydrogens (tertiary/aromatic N) is 1. The van der Waals surface area contributed by atoms with Crippen molar-refractivity contribution in [2.45, 2.75) is 30.6 Å². The van der Waals surface area contributed by atoms with Crippen molar-refractivity contribution in [2.24, 2.45) is 0 Å². The van der Waals surface area contributed by atoms with E-state index in [1.54, 1.807) is 19.2 Å². The molecule has 0 atom stereocenters. The lowest BCUT2D eigenvalue weighted by Gasteiger charge is -2.39. The predicted octanol–water partition coefficient (Wildman–Crippen LogP) is 2.82. The number of rotatable bonds is 3. The molecule has 1 heterocycles. The van der Waals surface area contributed by atoms with E-state index in [0.717, 1.165) is 12.8 Å². The second-order valence-electron chi connectivity index (χ2n) is 5.69. The first-order valence-electron chi connectivity index (χ1n) is 6.78. The Morgan fingerprint density at radius 2 is 1.90 bits per heavy atom. The van der Waals surface area contributed by atoms with Crippen LogP contribution in [0, 0.1) is 0 Å². The van der Waals surface area contributed by atoms with Crippen LogP contribution in [0.3, 0.4) is 0 Å². The number of aromatic nitrogens is 2. The van der Waals surface area contributed by atoms with Crippen LogP contribution >= 0.6 is 11.6 Å². The summed E-state index contributed by atoms with van der Waals surface area (Å²) in [5, 5.41) is 0.490. The number of nitrogens with one attached hydrogen (secondary N) is 1. The van der Waals surface area contributed by atoms with Crippen LogP contribution in [0.5, 0.6) is 11.5 Å². The molecule has 0 aliphatic heterocycles. The summed E-state index contributed by atoms with van der Waals surface area (Å²) in [7, 11) is 3.10. The fourth-order valence-electron chi connectivity index (χ4n) is 2.84. The number of halogens is 1. The molecule has 0 radical (unpaired) electrons. The van der Waals surface area contributed by atoms with Gasteiger partial charge in [-0.1, -0.05) is 0 Å². The molecule has 5 nitrogen and oxygen atoms in total. The van der Waals surface area contributed by atoms with E-state index in [2.05, 4.69) is 9.97 Å². The second-order valence-corrected chi connectivity index (χ2v) is 6.61. The number of methoxy groups -OCH3 is 2. The Kier molecular flexibility index (Phi) is 3.32. The number of hydrogen-bond donors (Lipinski definition) is 1. The number of aromatic amines is 1. The summed E-state index contributed by atoms with van der Waals surface area (Å²) < 4.78 is 10.5. The summed E-state index contributed by atoms with van der Waals surface area (Å²) in [6.07, 6.45) is 1.63. The van der Waals surface area contributed by atoms with Crippen molar-refractivity contribution in [3.63, 3.8) is 0 Å². The molecular weight excluding hydrogens is 292 g/mol. The van der Waals surface area contributed by atoms with Gasteiger partial charge in [0.25, 0.3) is 5.56 Å². The van der Waals surface area contributed by atoms with Crippen LogP contribution in [0.1, 0.15) is 31.5 Å². The zero-order valence-electron chi connectivity index (χ0n) is 12.2. The molecule has 21 heavy (non-hydrogen) atoms. The summed E-state index contributed by atoms with van der Waals surface area (Å²) in [4.78, 5) is 19.5. The molecule has 6 heteroatoms. The molecule has 1 aliphatic carbocycles. The fourth-order valence-corrected chi connectivity index (χ4v) is 3.21. The summed E-state index contributed by atoms with van der Waals surface area (Å²) >= 11 is 6.24. The maximum absolute atomic E-state index is 12.2. The zero-order valence-corrected chi connectivity index (χ0v) is 13.0. The quantitative estimate of drug-likeness (QED) is 0.886. The van der Waals surface area contributed by atoms with Gasteiger partial charge in [0.05, 0.1) is 25.1 Å². The maximum atomic E-state index is 12.2. The van der Waals surface area contributed by atoms with E-state index in [1.807, 2.05) is 6.92 Å². The summed E-state index contributed by atoms with van der Waals surface area (Å²) in [6.45, 7) is 2.00. The number of alkyl halides is 1. The lowest BCUT2D eigenvalue weighted by molar-refractivity contribution is 0.309. The number of ether oxygens (including phenoxy) is 2. The van der Waals surface area contributed by atoms with Gasteiger partial charge in [0.15, 0.2) is 11.5 Å². The predicted molar refractivity (Wildman–Crippen MR) is 81.7 cm³/mol. The highest BCUT2D eigenvalue weighted by molar-refractivity contribution is 6.24. The Labute approximate surface area is 127 Å². The Morgan fingerprint density at radius 1 is 1.29 bits per heavy atom. The van der Waals surface area contributed by atoms with Gasteiger partial charge in [-0.2, -0.15) is 0 Å². The van der Waals surface area contributed by atoms with E-state index < -0.39 is 0 Å². The normalized spacial score (nSPS) is 24.7. The number of H-pyrrole nitrogens is 1. The summed E-state index contributed by atoms with van der Waals surface area (Å²) in [5.74, 6) is 1.97. The van der Waals surface area contributed by atoms with Gasteiger partial charge in [-0.05, 0) is 25.8 Å². The van der Waals surface area contributed by atoms with Crippen LogP contribution in [-0.4, -0.2) is 29.1 Å². The standard InChI is InChI=1S/C15H17ClN2O3/c1-15(16)6-8(7-15)13-17-10-5-12(21-3)11(20-2)4-9(10)14(19)18-13/h4-5,8H,6-7H2,1-3H3,(H,17,18,19). The topological polar surface area (TPSA) is 64.2 Å². The first-order chi connectivity index (χ1) is 9.93. The van der Waals surface area contributed by atoms with Crippen LogP contribution in [-0.2, 0) is 0 Å². The third-order valence-corrected chi connectivity index (χ3v) is 4.27. The highest BCUT2D eigenvalue weighted by atomic mass is 35.5. The molecule has 2 aromatic rings. The number of benzene rings is 1. The van der Waals surface area contributed by atoms with Crippen LogP contribution < -0.4 is 15.0 Å². The molecule has 0 unspecified atom stereocenters. The van der Waals surface area contributed by atoms with E-state index in [0.29, 0.717) is 28.2 Å². The molecule has 0 spiro atoms. The monoisotopic (exact) mass is 308 g/mol. The minimum Gasteiger partial charge on any atom is -0.493 e. The van der Waals surface area contributed by atoms with Crippen LogP contribution in [0.15, 0.2) is 16.9 Å². The van der Waals surface area contributed by atoms with Crippen LogP contribution in [0.25, 0.3) is 10.9 Å². The van der Waals surface area contributed by atoms with Crippen LogP contribution in [0.4, 0.5) is 0 Å². The van der Waals surface area contributed by atoms with Gasteiger partial charge in [0.1, 0.15) is 5.82 Å². The smallest absolute Gasteiger partial charge is 0.258 e. The van der Waals surface area contributed by atoms with Gasteiger partial charge < -0.3 is 14.5 Å². The van der Waals surface area contributed by atoms with Crippen molar-refractivity contribution in [2.75, 3.05) is 14.2 Å². The molecule has 1 aromatic heterocycles. The third kappa shape index (κ3) is 2.46. The average Bonchev–Trinajstić information content (AvgIpc) is 2.43. The minimum absolute atomic E-state index is 0.167. The minimum atomic E-state index is -0.185. The van der Waals surface area contributed by atoms with Crippen LogP contribution in [0.2, 0.25) is 0 Å². The molecular formula is C15H17ClN2O3. The SMILES string of the molecule is COc1cc2nc(C3CC(C)(Cl)C3)[nH]c(=O)c2cc1OC. The lowest BCUT2D eigenvalue weighted by Crippen LogP contribution is -2.35. The lowest BCUT2D eigenvalue weighted by atomic mass is 9.75. The van der Waals surface area contributed by atoms with Gasteiger partial charge in [0, 0.05) is 16.9 Å². The maximum Gasteiger partial charge on any atom is 0.258 e. The molecule has 112 valence electrons. The van der Waals surface area contributed by atoms with Gasteiger partial charge >= 0.3 is 0 Å². The molecule has 1 aromatic carbocycles. The molecule has 1 N–H and O–H groups in total. The zero-order chi connectivity index (χ0) is 15.2. The average molecular weight is 309 g/mol. The fraction of sp³-hybridized carbons (Fsp3) is 0.467. The van der Waals surface area contributed by atoms with Crippen molar-refractivity contribution >= 4 is 22.5 Å². The Hall–Kier alpha value is -1.75. The largest absolute Gasteiger partial charge is 0.493 e. The van der Waals surface area contributed by atoms with Crippen molar-refractivity contribution < 1.29 is 9.47 Å². The van der Waals surface area contributed by atoms with E-state index in [1.165, 1.54) is 7.11 Å². The molecule has 1 aliphatic rings. The van der Waals surface area contributed by atoms with Gasteiger partial charge in [0.2, 0.25) is 0 Å². The van der Waals surface area contributed by atoms with Crippen molar-refractivity contribution in [3.05, 3.63) is 28.3 Å². The van der Waals surface area contributed by atoms with Crippen molar-refractivity contribution in [1.82, 2.24) is 9.97 Å².